The van der Waals surface area contributed by atoms with Gasteiger partial charge in [-0.25, -0.2) is 4.39 Å². The van der Waals surface area contributed by atoms with Gasteiger partial charge in [-0.15, -0.1) is 0 Å². The third-order valence-electron chi connectivity index (χ3n) is 4.38. The molecule has 0 aromatic heterocycles. The van der Waals surface area contributed by atoms with Crippen LogP contribution in [-0.4, -0.2) is 24.0 Å². The number of benzene rings is 1. The Hall–Kier alpha value is -0.930. The molecule has 0 saturated carbocycles. The van der Waals surface area contributed by atoms with E-state index >= 15 is 0 Å². The van der Waals surface area contributed by atoms with E-state index < -0.39 is 5.54 Å². The van der Waals surface area contributed by atoms with Crippen molar-refractivity contribution in [2.45, 2.75) is 58.5 Å². The predicted octanol–water partition coefficient (Wildman–Crippen LogP) is 3.90. The van der Waals surface area contributed by atoms with Crippen LogP contribution in [0.1, 0.15) is 52.5 Å². The number of hydrogen-bond donors (Lipinski definition) is 1. The van der Waals surface area contributed by atoms with E-state index in [2.05, 4.69) is 32.6 Å². The van der Waals surface area contributed by atoms with Crippen molar-refractivity contribution >= 4 is 0 Å². The zero-order valence-electron chi connectivity index (χ0n) is 13.3. The molecule has 20 heavy (non-hydrogen) atoms. The lowest BCUT2D eigenvalue weighted by Gasteiger charge is -2.43. The Labute approximate surface area is 123 Å². The maximum Gasteiger partial charge on any atom is 0.123 e. The summed E-state index contributed by atoms with van der Waals surface area (Å²) in [4.78, 5) is 2.43. The van der Waals surface area contributed by atoms with Gasteiger partial charge in [-0.2, -0.15) is 0 Å². The first-order valence-electron chi connectivity index (χ1n) is 7.82. The highest BCUT2D eigenvalue weighted by molar-refractivity contribution is 5.27. The number of nitrogens with two attached hydrogens (primary N) is 1. The molecule has 0 heterocycles. The van der Waals surface area contributed by atoms with Crippen molar-refractivity contribution in [2.24, 2.45) is 5.73 Å². The number of halogens is 1. The summed E-state index contributed by atoms with van der Waals surface area (Å²) in [6, 6.07) is 6.99. The summed E-state index contributed by atoms with van der Waals surface area (Å²) < 4.78 is 13.2. The van der Waals surface area contributed by atoms with Gasteiger partial charge in [0.25, 0.3) is 0 Å². The Morgan fingerprint density at radius 3 is 2.05 bits per heavy atom. The molecule has 0 fully saturated rings. The van der Waals surface area contributed by atoms with Crippen molar-refractivity contribution in [1.82, 2.24) is 4.90 Å². The van der Waals surface area contributed by atoms with Crippen molar-refractivity contribution in [3.63, 3.8) is 0 Å². The molecule has 2 unspecified atom stereocenters. The molecule has 2 nitrogen and oxygen atoms in total. The first kappa shape index (κ1) is 17.1. The fourth-order valence-corrected chi connectivity index (χ4v) is 3.10. The molecule has 1 rings (SSSR count). The summed E-state index contributed by atoms with van der Waals surface area (Å²) in [5.41, 5.74) is 7.40. The third kappa shape index (κ3) is 3.58. The van der Waals surface area contributed by atoms with E-state index in [4.69, 9.17) is 5.73 Å². The largest absolute Gasteiger partial charge is 0.320 e. The molecule has 0 amide bonds. The van der Waals surface area contributed by atoms with Crippen molar-refractivity contribution in [1.29, 1.82) is 0 Å². The van der Waals surface area contributed by atoms with E-state index in [1.54, 1.807) is 0 Å². The number of rotatable bonds is 8. The highest BCUT2D eigenvalue weighted by Crippen LogP contribution is 2.32. The molecular weight excluding hydrogens is 251 g/mol. The molecule has 1 aromatic carbocycles. The number of likely N-dealkylation sites (N-methyl/N-ethyl adjacent to an activating group) is 1. The van der Waals surface area contributed by atoms with E-state index in [1.807, 2.05) is 12.1 Å². The molecule has 1 aromatic rings. The lowest BCUT2D eigenvalue weighted by atomic mass is 9.78. The highest BCUT2D eigenvalue weighted by Gasteiger charge is 2.37. The Morgan fingerprint density at radius 1 is 1.10 bits per heavy atom. The number of hydrogen-bond acceptors (Lipinski definition) is 2. The first-order chi connectivity index (χ1) is 9.53. The molecule has 114 valence electrons. The van der Waals surface area contributed by atoms with Gasteiger partial charge in [-0.1, -0.05) is 46.2 Å². The quantitative estimate of drug-likeness (QED) is 0.782. The SMILES string of the molecule is CCCC(N(CC)CC)C(N)(CC)c1ccc(F)cc1. The second-order valence-electron chi connectivity index (χ2n) is 5.43. The van der Waals surface area contributed by atoms with E-state index in [9.17, 15) is 4.39 Å². The average molecular weight is 280 g/mol. The third-order valence-corrected chi connectivity index (χ3v) is 4.38. The topological polar surface area (TPSA) is 29.3 Å². The fourth-order valence-electron chi connectivity index (χ4n) is 3.10. The first-order valence-corrected chi connectivity index (χ1v) is 7.82. The van der Waals surface area contributed by atoms with Crippen molar-refractivity contribution < 1.29 is 4.39 Å². The van der Waals surface area contributed by atoms with E-state index in [1.165, 1.54) is 12.1 Å². The summed E-state index contributed by atoms with van der Waals surface area (Å²) in [5, 5.41) is 0. The Morgan fingerprint density at radius 2 is 1.65 bits per heavy atom. The van der Waals surface area contributed by atoms with Crippen LogP contribution in [-0.2, 0) is 5.54 Å². The molecule has 2 N–H and O–H groups in total. The van der Waals surface area contributed by atoms with Gasteiger partial charge in [0.15, 0.2) is 0 Å². The van der Waals surface area contributed by atoms with Gasteiger partial charge >= 0.3 is 0 Å². The van der Waals surface area contributed by atoms with Crippen LogP contribution in [0.5, 0.6) is 0 Å². The van der Waals surface area contributed by atoms with E-state index in [0.717, 1.165) is 37.9 Å². The summed E-state index contributed by atoms with van der Waals surface area (Å²) in [6.45, 7) is 10.6. The maximum atomic E-state index is 13.2. The van der Waals surface area contributed by atoms with Crippen LogP contribution in [0.3, 0.4) is 0 Å². The minimum absolute atomic E-state index is 0.206. The molecule has 0 saturated heterocycles. The van der Waals surface area contributed by atoms with Crippen molar-refractivity contribution in [3.8, 4) is 0 Å². The normalized spacial score (nSPS) is 16.1. The zero-order chi connectivity index (χ0) is 15.2. The maximum absolute atomic E-state index is 13.2. The predicted molar refractivity (Wildman–Crippen MR) is 84.2 cm³/mol. The van der Waals surface area contributed by atoms with Crippen molar-refractivity contribution in [2.75, 3.05) is 13.1 Å². The van der Waals surface area contributed by atoms with Crippen LogP contribution in [0.2, 0.25) is 0 Å². The minimum atomic E-state index is -0.421. The molecule has 0 aliphatic rings. The molecule has 0 aliphatic carbocycles. The Balaban J connectivity index is 3.18. The summed E-state index contributed by atoms with van der Waals surface area (Å²) in [6.07, 6.45) is 3.00. The molecule has 0 spiro atoms. The van der Waals surface area contributed by atoms with Crippen LogP contribution >= 0.6 is 0 Å². The molecule has 0 radical (unpaired) electrons. The standard InChI is InChI=1S/C17H29FN2/c1-5-9-16(20(7-3)8-4)17(19,6-2)14-10-12-15(18)13-11-14/h10-13,16H,5-9,19H2,1-4H3. The van der Waals surface area contributed by atoms with Crippen LogP contribution in [0.25, 0.3) is 0 Å². The Kier molecular flexibility index (Phi) is 6.63. The molecular formula is C17H29FN2. The Bertz CT molecular complexity index is 386. The zero-order valence-corrected chi connectivity index (χ0v) is 13.3. The summed E-state index contributed by atoms with van der Waals surface area (Å²) in [7, 11) is 0. The number of nitrogens with zero attached hydrogens (tertiary/aromatic N) is 1. The second kappa shape index (κ2) is 7.75. The highest BCUT2D eigenvalue weighted by atomic mass is 19.1. The monoisotopic (exact) mass is 280 g/mol. The lowest BCUT2D eigenvalue weighted by molar-refractivity contribution is 0.116. The summed E-state index contributed by atoms with van der Waals surface area (Å²) >= 11 is 0. The molecule has 3 heteroatoms. The van der Waals surface area contributed by atoms with Gasteiger partial charge in [-0.05, 0) is 43.6 Å². The molecule has 2 atom stereocenters. The van der Waals surface area contributed by atoms with E-state index in [-0.39, 0.29) is 11.9 Å². The smallest absolute Gasteiger partial charge is 0.123 e. The van der Waals surface area contributed by atoms with Gasteiger partial charge in [0.1, 0.15) is 5.82 Å². The lowest BCUT2D eigenvalue weighted by Crippen LogP contribution is -2.55. The van der Waals surface area contributed by atoms with Gasteiger partial charge < -0.3 is 5.73 Å². The van der Waals surface area contributed by atoms with Gasteiger partial charge in [0.05, 0.1) is 5.54 Å². The van der Waals surface area contributed by atoms with Crippen LogP contribution in [0.4, 0.5) is 4.39 Å². The van der Waals surface area contributed by atoms with Gasteiger partial charge in [-0.3, -0.25) is 4.90 Å². The summed E-state index contributed by atoms with van der Waals surface area (Å²) in [5.74, 6) is -0.206. The fraction of sp³-hybridized carbons (Fsp3) is 0.647. The molecule has 0 bridgehead atoms. The van der Waals surface area contributed by atoms with E-state index in [0.29, 0.717) is 0 Å². The molecule has 0 aliphatic heterocycles. The van der Waals surface area contributed by atoms with Crippen LogP contribution < -0.4 is 5.73 Å². The second-order valence-corrected chi connectivity index (χ2v) is 5.43. The average Bonchev–Trinajstić information content (AvgIpc) is 2.47. The van der Waals surface area contributed by atoms with Crippen LogP contribution in [0.15, 0.2) is 24.3 Å². The van der Waals surface area contributed by atoms with Gasteiger partial charge in [0.2, 0.25) is 0 Å². The van der Waals surface area contributed by atoms with Crippen LogP contribution in [0, 0.1) is 5.82 Å². The van der Waals surface area contributed by atoms with Gasteiger partial charge in [0, 0.05) is 6.04 Å². The van der Waals surface area contributed by atoms with Crippen molar-refractivity contribution in [3.05, 3.63) is 35.6 Å². The minimum Gasteiger partial charge on any atom is -0.320 e.